The summed E-state index contributed by atoms with van der Waals surface area (Å²) in [6.45, 7) is 3.70. The summed E-state index contributed by atoms with van der Waals surface area (Å²) in [6, 6.07) is 15.9. The van der Waals surface area contributed by atoms with Crippen molar-refractivity contribution in [3.63, 3.8) is 0 Å². The van der Waals surface area contributed by atoms with Gasteiger partial charge in [-0.05, 0) is 55.0 Å². The van der Waals surface area contributed by atoms with Crippen molar-refractivity contribution < 1.29 is 14.3 Å². The Hall–Kier alpha value is -4.21. The lowest BCUT2D eigenvalue weighted by molar-refractivity contribution is -0.131. The van der Waals surface area contributed by atoms with Crippen molar-refractivity contribution in [2.75, 3.05) is 74.4 Å². The summed E-state index contributed by atoms with van der Waals surface area (Å²) in [6.07, 6.45) is 0.893. The van der Waals surface area contributed by atoms with Gasteiger partial charge in [-0.25, -0.2) is 0 Å². The number of carbonyl (C=O) groups excluding carboxylic acids is 2. The summed E-state index contributed by atoms with van der Waals surface area (Å²) in [5.41, 5.74) is 10.5. The molecule has 0 bridgehead atoms. The molecule has 3 aromatic rings. The van der Waals surface area contributed by atoms with Crippen LogP contribution in [0.1, 0.15) is 22.5 Å². The second kappa shape index (κ2) is 10.6. The molecule has 2 aliphatic heterocycles. The number of carbonyl (C=O) groups is 2. The van der Waals surface area contributed by atoms with Gasteiger partial charge in [0, 0.05) is 75.9 Å². The number of aromatic nitrogens is 2. The van der Waals surface area contributed by atoms with Crippen LogP contribution < -0.4 is 25.2 Å². The van der Waals surface area contributed by atoms with Gasteiger partial charge in [-0.3, -0.25) is 14.3 Å². The van der Waals surface area contributed by atoms with Crippen LogP contribution >= 0.6 is 0 Å². The minimum atomic E-state index is -0.131. The zero-order valence-corrected chi connectivity index (χ0v) is 22.3. The molecule has 0 aliphatic carbocycles. The molecule has 38 heavy (non-hydrogen) atoms. The van der Waals surface area contributed by atoms with Gasteiger partial charge in [-0.2, -0.15) is 5.10 Å². The molecule has 200 valence electrons. The molecule has 3 heterocycles. The first-order chi connectivity index (χ1) is 18.4. The van der Waals surface area contributed by atoms with Crippen LogP contribution in [-0.2, 0) is 17.8 Å². The van der Waals surface area contributed by atoms with Crippen molar-refractivity contribution in [1.82, 2.24) is 14.7 Å². The van der Waals surface area contributed by atoms with E-state index in [-0.39, 0.29) is 18.2 Å². The van der Waals surface area contributed by atoms with E-state index < -0.39 is 0 Å². The van der Waals surface area contributed by atoms with Gasteiger partial charge in [-0.15, -0.1) is 0 Å². The Morgan fingerprint density at radius 3 is 2.26 bits per heavy atom. The van der Waals surface area contributed by atoms with E-state index in [9.17, 15) is 9.59 Å². The molecule has 0 atom stereocenters. The molecule has 0 spiro atoms. The Labute approximate surface area is 223 Å². The normalized spacial score (nSPS) is 15.4. The van der Waals surface area contributed by atoms with Gasteiger partial charge in [0.25, 0.3) is 5.91 Å². The zero-order valence-electron chi connectivity index (χ0n) is 22.3. The Morgan fingerprint density at radius 2 is 1.63 bits per heavy atom. The number of rotatable bonds is 7. The summed E-state index contributed by atoms with van der Waals surface area (Å²) in [4.78, 5) is 34.5. The van der Waals surface area contributed by atoms with E-state index in [2.05, 4.69) is 10.00 Å². The van der Waals surface area contributed by atoms with Crippen LogP contribution in [0.3, 0.4) is 0 Å². The van der Waals surface area contributed by atoms with E-state index >= 15 is 0 Å². The molecule has 0 unspecified atom stereocenters. The van der Waals surface area contributed by atoms with Crippen LogP contribution in [0.15, 0.2) is 48.5 Å². The lowest BCUT2D eigenvalue weighted by Crippen LogP contribution is -2.49. The first-order valence-corrected chi connectivity index (χ1v) is 13.0. The second-order valence-corrected chi connectivity index (χ2v) is 9.87. The molecule has 0 radical (unpaired) electrons. The molecule has 10 nitrogen and oxygen atoms in total. The molecule has 0 saturated carbocycles. The number of ether oxygens (including phenoxy) is 1. The molecular weight excluding hydrogens is 482 g/mol. The number of amides is 2. The van der Waals surface area contributed by atoms with Gasteiger partial charge in [0.1, 0.15) is 17.3 Å². The summed E-state index contributed by atoms with van der Waals surface area (Å²) in [5.74, 6) is 1.12. The van der Waals surface area contributed by atoms with Crippen LogP contribution in [0.25, 0.3) is 0 Å². The van der Waals surface area contributed by atoms with Gasteiger partial charge in [0.15, 0.2) is 0 Å². The summed E-state index contributed by atoms with van der Waals surface area (Å²) in [5, 5.41) is 4.44. The standard InChI is InChI=1S/C28H35N7O3/c1-31(2)20-4-6-22(7-5-20)34-14-12-24-26(28(34)37)35(30-27(24)29)15-13-25(36)33-18-16-32(17-19-33)21-8-10-23(38-3)11-9-21/h4-11H,12-19H2,1-3H3,(H2,29,30). The maximum atomic E-state index is 13.5. The van der Waals surface area contributed by atoms with E-state index in [4.69, 9.17) is 10.5 Å². The maximum absolute atomic E-state index is 13.5. The Bertz CT molecular complexity index is 1290. The highest BCUT2D eigenvalue weighted by Gasteiger charge is 2.32. The quantitative estimate of drug-likeness (QED) is 0.514. The fourth-order valence-electron chi connectivity index (χ4n) is 5.16. The number of nitrogens with two attached hydrogens (primary N) is 1. The molecule has 2 amide bonds. The molecule has 5 rings (SSSR count). The number of anilines is 4. The van der Waals surface area contributed by atoms with E-state index in [1.807, 2.05) is 72.4 Å². The highest BCUT2D eigenvalue weighted by molar-refractivity contribution is 6.08. The number of benzene rings is 2. The van der Waals surface area contributed by atoms with Gasteiger partial charge < -0.3 is 30.1 Å². The number of hydrogen-bond acceptors (Lipinski definition) is 7. The summed E-state index contributed by atoms with van der Waals surface area (Å²) in [7, 11) is 5.62. The number of hydrogen-bond donors (Lipinski definition) is 1. The molecule has 2 aliphatic rings. The third kappa shape index (κ3) is 4.98. The average molecular weight is 518 g/mol. The van der Waals surface area contributed by atoms with Crippen molar-refractivity contribution in [2.24, 2.45) is 0 Å². The number of nitrogen functional groups attached to an aromatic ring is 1. The Kier molecular flexibility index (Phi) is 7.13. The monoisotopic (exact) mass is 517 g/mol. The molecule has 10 heteroatoms. The van der Waals surface area contributed by atoms with Crippen molar-refractivity contribution in [1.29, 1.82) is 0 Å². The molecule has 1 aromatic heterocycles. The Morgan fingerprint density at radius 1 is 0.974 bits per heavy atom. The van der Waals surface area contributed by atoms with Crippen LogP contribution in [-0.4, -0.2) is 80.4 Å². The largest absolute Gasteiger partial charge is 0.497 e. The number of nitrogens with zero attached hydrogens (tertiary/aromatic N) is 6. The average Bonchev–Trinajstić information content (AvgIpc) is 3.28. The van der Waals surface area contributed by atoms with Crippen LogP contribution in [0.2, 0.25) is 0 Å². The van der Waals surface area contributed by atoms with Crippen LogP contribution in [0.5, 0.6) is 5.75 Å². The van der Waals surface area contributed by atoms with Crippen LogP contribution in [0, 0.1) is 0 Å². The van der Waals surface area contributed by atoms with Gasteiger partial charge in [-0.1, -0.05) is 0 Å². The number of aryl methyl sites for hydroxylation is 1. The minimum absolute atomic E-state index is 0.0570. The topological polar surface area (TPSA) is 100 Å². The lowest BCUT2D eigenvalue weighted by Gasteiger charge is -2.36. The van der Waals surface area contributed by atoms with E-state index in [0.29, 0.717) is 44.1 Å². The smallest absolute Gasteiger partial charge is 0.276 e. The SMILES string of the molecule is COc1ccc(N2CCN(C(=O)CCn3nc(N)c4c3C(=O)N(c3ccc(N(C)C)cc3)CC4)CC2)cc1. The lowest BCUT2D eigenvalue weighted by atomic mass is 10.0. The Balaban J connectivity index is 1.21. The highest BCUT2D eigenvalue weighted by atomic mass is 16.5. The number of piperazine rings is 1. The molecule has 1 saturated heterocycles. The fraction of sp³-hybridized carbons (Fsp3) is 0.393. The number of fused-ring (bicyclic) bond motifs is 1. The highest BCUT2D eigenvalue weighted by Crippen LogP contribution is 2.29. The van der Waals surface area contributed by atoms with Crippen molar-refractivity contribution in [3.05, 3.63) is 59.8 Å². The van der Waals surface area contributed by atoms with Gasteiger partial charge in [0.2, 0.25) is 5.91 Å². The second-order valence-electron chi connectivity index (χ2n) is 9.87. The first-order valence-electron chi connectivity index (χ1n) is 13.0. The summed E-state index contributed by atoms with van der Waals surface area (Å²) >= 11 is 0. The molecule has 2 N–H and O–H groups in total. The van der Waals surface area contributed by atoms with Crippen molar-refractivity contribution >= 4 is 34.7 Å². The predicted octanol–water partition coefficient (Wildman–Crippen LogP) is 2.48. The van der Waals surface area contributed by atoms with Crippen molar-refractivity contribution in [2.45, 2.75) is 19.4 Å². The van der Waals surface area contributed by atoms with E-state index in [1.165, 1.54) is 0 Å². The van der Waals surface area contributed by atoms with E-state index in [1.54, 1.807) is 16.7 Å². The van der Waals surface area contributed by atoms with Crippen LogP contribution in [0.4, 0.5) is 22.9 Å². The maximum Gasteiger partial charge on any atom is 0.276 e. The molecule has 2 aromatic carbocycles. The summed E-state index contributed by atoms with van der Waals surface area (Å²) < 4.78 is 6.86. The molecule has 1 fully saturated rings. The first kappa shape index (κ1) is 25.4. The minimum Gasteiger partial charge on any atom is -0.497 e. The number of methoxy groups -OCH3 is 1. The fourth-order valence-corrected chi connectivity index (χ4v) is 5.16. The van der Waals surface area contributed by atoms with Gasteiger partial charge in [0.05, 0.1) is 13.7 Å². The van der Waals surface area contributed by atoms with Gasteiger partial charge >= 0.3 is 0 Å². The van der Waals surface area contributed by atoms with E-state index in [0.717, 1.165) is 41.5 Å². The third-order valence-electron chi connectivity index (χ3n) is 7.40. The predicted molar refractivity (Wildman–Crippen MR) is 149 cm³/mol. The third-order valence-corrected chi connectivity index (χ3v) is 7.40. The molecular formula is C28H35N7O3. The zero-order chi connectivity index (χ0) is 26.8. The van der Waals surface area contributed by atoms with Crippen molar-refractivity contribution in [3.8, 4) is 5.75 Å².